The molecule has 108 valence electrons. The Labute approximate surface area is 122 Å². The van der Waals surface area contributed by atoms with Gasteiger partial charge in [-0.15, -0.1) is 0 Å². The smallest absolute Gasteiger partial charge is 0.407 e. The van der Waals surface area contributed by atoms with Gasteiger partial charge in [-0.1, -0.05) is 0 Å². The van der Waals surface area contributed by atoms with Gasteiger partial charge in [-0.3, -0.25) is 4.68 Å². The summed E-state index contributed by atoms with van der Waals surface area (Å²) in [5.41, 5.74) is -0.433. The molecule has 0 aromatic carbocycles. The lowest BCUT2D eigenvalue weighted by Crippen LogP contribution is -2.33. The molecular formula is C13H22BrN3O2. The van der Waals surface area contributed by atoms with Gasteiger partial charge in [0.1, 0.15) is 5.60 Å². The second kappa shape index (κ2) is 7.53. The zero-order valence-electron chi connectivity index (χ0n) is 11.8. The summed E-state index contributed by atoms with van der Waals surface area (Å²) >= 11 is 3.36. The Morgan fingerprint density at radius 3 is 2.74 bits per heavy atom. The van der Waals surface area contributed by atoms with Crippen molar-refractivity contribution in [1.82, 2.24) is 15.1 Å². The molecule has 1 amide bonds. The van der Waals surface area contributed by atoms with Crippen LogP contribution in [0, 0.1) is 0 Å². The van der Waals surface area contributed by atoms with Crippen LogP contribution in [0.2, 0.25) is 0 Å². The maximum atomic E-state index is 11.4. The number of carbonyl (C=O) groups excluding carboxylic acids is 1. The number of hydrogen-bond acceptors (Lipinski definition) is 3. The summed E-state index contributed by atoms with van der Waals surface area (Å²) in [6.07, 6.45) is 6.44. The Hall–Kier alpha value is -1.04. The van der Waals surface area contributed by atoms with Crippen molar-refractivity contribution in [1.29, 1.82) is 0 Å². The van der Waals surface area contributed by atoms with Gasteiger partial charge in [-0.25, -0.2) is 4.79 Å². The third-order valence-corrected chi connectivity index (χ3v) is 2.74. The Morgan fingerprint density at radius 2 is 2.16 bits per heavy atom. The number of unbranched alkanes of at least 4 members (excludes halogenated alkanes) is 2. The monoisotopic (exact) mass is 331 g/mol. The van der Waals surface area contributed by atoms with Crippen molar-refractivity contribution in [3.05, 3.63) is 16.9 Å². The highest BCUT2D eigenvalue weighted by Crippen LogP contribution is 2.08. The first-order valence-corrected chi connectivity index (χ1v) is 7.31. The number of carbonyl (C=O) groups is 1. The molecule has 0 bridgehead atoms. The number of hydrogen-bond donors (Lipinski definition) is 1. The summed E-state index contributed by atoms with van der Waals surface area (Å²) in [5, 5.41) is 6.93. The molecule has 6 heteroatoms. The normalized spacial score (nSPS) is 11.4. The first-order valence-electron chi connectivity index (χ1n) is 6.51. The van der Waals surface area contributed by atoms with Gasteiger partial charge in [-0.05, 0) is 56.0 Å². The number of rotatable bonds is 6. The van der Waals surface area contributed by atoms with Crippen molar-refractivity contribution in [2.45, 2.75) is 52.2 Å². The molecule has 0 saturated carbocycles. The fourth-order valence-corrected chi connectivity index (χ4v) is 1.87. The largest absolute Gasteiger partial charge is 0.444 e. The highest BCUT2D eigenvalue weighted by atomic mass is 79.9. The number of alkyl carbamates (subject to hydrolysis) is 1. The number of aromatic nitrogens is 2. The van der Waals surface area contributed by atoms with Gasteiger partial charge in [0.2, 0.25) is 0 Å². The van der Waals surface area contributed by atoms with Crippen LogP contribution in [0.5, 0.6) is 0 Å². The Balaban J connectivity index is 2.01. The van der Waals surface area contributed by atoms with Crippen molar-refractivity contribution in [3.8, 4) is 0 Å². The Morgan fingerprint density at radius 1 is 1.42 bits per heavy atom. The first kappa shape index (κ1) is 16.0. The van der Waals surface area contributed by atoms with E-state index in [1.165, 1.54) is 0 Å². The summed E-state index contributed by atoms with van der Waals surface area (Å²) in [5.74, 6) is 0. The molecule has 0 atom stereocenters. The standard InChI is InChI=1S/C13H22BrN3O2/c1-13(2,3)19-12(18)15-7-5-4-6-8-17-10-11(14)9-16-17/h9-10H,4-8H2,1-3H3,(H,15,18). The predicted octanol–water partition coefficient (Wildman–Crippen LogP) is 3.34. The second-order valence-electron chi connectivity index (χ2n) is 5.41. The highest BCUT2D eigenvalue weighted by molar-refractivity contribution is 9.10. The molecule has 0 saturated heterocycles. The molecule has 1 aromatic rings. The molecular weight excluding hydrogens is 310 g/mol. The second-order valence-corrected chi connectivity index (χ2v) is 6.33. The quantitative estimate of drug-likeness (QED) is 0.813. The predicted molar refractivity (Wildman–Crippen MR) is 78.0 cm³/mol. The molecule has 1 N–H and O–H groups in total. The molecule has 19 heavy (non-hydrogen) atoms. The number of halogens is 1. The van der Waals surface area contributed by atoms with Crippen LogP contribution in [0.25, 0.3) is 0 Å². The van der Waals surface area contributed by atoms with E-state index in [1.807, 2.05) is 31.6 Å². The maximum absolute atomic E-state index is 11.4. The molecule has 0 aliphatic carbocycles. The van der Waals surface area contributed by atoms with Crippen molar-refractivity contribution in [2.75, 3.05) is 6.54 Å². The van der Waals surface area contributed by atoms with E-state index in [1.54, 1.807) is 6.20 Å². The van der Waals surface area contributed by atoms with Crippen LogP contribution >= 0.6 is 15.9 Å². The lowest BCUT2D eigenvalue weighted by molar-refractivity contribution is 0.0527. The van der Waals surface area contributed by atoms with E-state index in [-0.39, 0.29) is 6.09 Å². The van der Waals surface area contributed by atoms with E-state index in [0.29, 0.717) is 6.54 Å². The van der Waals surface area contributed by atoms with Gasteiger partial charge >= 0.3 is 6.09 Å². The van der Waals surface area contributed by atoms with E-state index in [4.69, 9.17) is 4.74 Å². The minimum atomic E-state index is -0.433. The SMILES string of the molecule is CC(C)(C)OC(=O)NCCCCCn1cc(Br)cn1. The molecule has 0 aliphatic heterocycles. The molecule has 5 nitrogen and oxygen atoms in total. The van der Waals surface area contributed by atoms with Crippen LogP contribution in [0.3, 0.4) is 0 Å². The summed E-state index contributed by atoms with van der Waals surface area (Å²) in [7, 11) is 0. The Bertz CT molecular complexity index is 399. The highest BCUT2D eigenvalue weighted by Gasteiger charge is 2.15. The molecule has 0 radical (unpaired) electrons. The molecule has 1 heterocycles. The maximum Gasteiger partial charge on any atom is 0.407 e. The van der Waals surface area contributed by atoms with E-state index < -0.39 is 5.60 Å². The van der Waals surface area contributed by atoms with Gasteiger partial charge in [0.15, 0.2) is 0 Å². The summed E-state index contributed by atoms with van der Waals surface area (Å²) < 4.78 is 8.05. The van der Waals surface area contributed by atoms with Crippen molar-refractivity contribution < 1.29 is 9.53 Å². The molecule has 1 aromatic heterocycles. The zero-order valence-corrected chi connectivity index (χ0v) is 13.4. The number of amides is 1. The molecule has 1 rings (SSSR count). The fourth-order valence-electron chi connectivity index (χ4n) is 1.54. The van der Waals surface area contributed by atoms with Crippen LogP contribution < -0.4 is 5.32 Å². The summed E-state index contributed by atoms with van der Waals surface area (Å²) in [4.78, 5) is 11.4. The van der Waals surface area contributed by atoms with E-state index in [2.05, 4.69) is 26.3 Å². The third-order valence-electron chi connectivity index (χ3n) is 2.33. The van der Waals surface area contributed by atoms with Gasteiger partial charge in [0, 0.05) is 19.3 Å². The van der Waals surface area contributed by atoms with Crippen molar-refractivity contribution in [3.63, 3.8) is 0 Å². The van der Waals surface area contributed by atoms with Crippen molar-refractivity contribution >= 4 is 22.0 Å². The lowest BCUT2D eigenvalue weighted by atomic mass is 10.2. The lowest BCUT2D eigenvalue weighted by Gasteiger charge is -2.19. The molecule has 0 aliphatic rings. The number of aryl methyl sites for hydroxylation is 1. The van der Waals surface area contributed by atoms with E-state index in [0.717, 1.165) is 30.3 Å². The average molecular weight is 332 g/mol. The van der Waals surface area contributed by atoms with Crippen molar-refractivity contribution in [2.24, 2.45) is 0 Å². The number of nitrogens with one attached hydrogen (secondary N) is 1. The first-order chi connectivity index (χ1) is 8.87. The van der Waals surface area contributed by atoms with Gasteiger partial charge in [-0.2, -0.15) is 5.10 Å². The van der Waals surface area contributed by atoms with Gasteiger partial charge in [0.05, 0.1) is 10.7 Å². The summed E-state index contributed by atoms with van der Waals surface area (Å²) in [6.45, 7) is 7.12. The average Bonchev–Trinajstić information content (AvgIpc) is 2.67. The van der Waals surface area contributed by atoms with E-state index in [9.17, 15) is 4.79 Å². The third kappa shape index (κ3) is 7.87. The van der Waals surface area contributed by atoms with Gasteiger partial charge < -0.3 is 10.1 Å². The minimum absolute atomic E-state index is 0.344. The van der Waals surface area contributed by atoms with Crippen LogP contribution in [0.15, 0.2) is 16.9 Å². The molecule has 0 unspecified atom stereocenters. The van der Waals surface area contributed by atoms with Crippen LogP contribution in [0.1, 0.15) is 40.0 Å². The van der Waals surface area contributed by atoms with Gasteiger partial charge in [0.25, 0.3) is 0 Å². The fraction of sp³-hybridized carbons (Fsp3) is 0.692. The zero-order chi connectivity index (χ0) is 14.3. The van der Waals surface area contributed by atoms with E-state index >= 15 is 0 Å². The Kier molecular flexibility index (Phi) is 6.34. The number of ether oxygens (including phenoxy) is 1. The topological polar surface area (TPSA) is 56.1 Å². The minimum Gasteiger partial charge on any atom is -0.444 e. The van der Waals surface area contributed by atoms with Crippen LogP contribution in [-0.2, 0) is 11.3 Å². The molecule has 0 spiro atoms. The molecule has 0 fully saturated rings. The van der Waals surface area contributed by atoms with Crippen LogP contribution in [0.4, 0.5) is 4.79 Å². The number of nitrogens with zero attached hydrogens (tertiary/aromatic N) is 2. The van der Waals surface area contributed by atoms with Crippen LogP contribution in [-0.4, -0.2) is 28.0 Å². The summed E-state index contributed by atoms with van der Waals surface area (Å²) in [6, 6.07) is 0.